The van der Waals surface area contributed by atoms with Crippen LogP contribution in [0, 0.1) is 11.3 Å². The Morgan fingerprint density at radius 3 is 2.43 bits per heavy atom. The van der Waals surface area contributed by atoms with E-state index in [4.69, 9.17) is 10.00 Å². The third kappa shape index (κ3) is 2.09. The maximum Gasteiger partial charge on any atom is 0.316 e. The third-order valence-corrected chi connectivity index (χ3v) is 4.24. The Kier molecular flexibility index (Phi) is 3.23. The summed E-state index contributed by atoms with van der Waals surface area (Å²) in [7, 11) is 1.43. The summed E-state index contributed by atoms with van der Waals surface area (Å²) >= 11 is 0. The van der Waals surface area contributed by atoms with Crippen LogP contribution in [-0.2, 0) is 14.9 Å². The van der Waals surface area contributed by atoms with E-state index in [2.05, 4.69) is 6.07 Å². The highest BCUT2D eigenvalue weighted by Crippen LogP contribution is 2.61. The number of rotatable bonds is 3. The van der Waals surface area contributed by atoms with E-state index in [1.807, 2.05) is 42.5 Å². The van der Waals surface area contributed by atoms with Crippen LogP contribution < -0.4 is 0 Å². The van der Waals surface area contributed by atoms with Gasteiger partial charge in [0.1, 0.15) is 5.41 Å². The van der Waals surface area contributed by atoms with Gasteiger partial charge in [-0.3, -0.25) is 4.79 Å². The molecule has 0 heterocycles. The van der Waals surface area contributed by atoms with Crippen molar-refractivity contribution in [3.05, 3.63) is 71.3 Å². The minimum Gasteiger partial charge on any atom is -0.468 e. The van der Waals surface area contributed by atoms with Crippen molar-refractivity contribution in [2.24, 2.45) is 0 Å². The number of nitriles is 1. The molecule has 0 N–H and O–H groups in total. The predicted molar refractivity (Wildman–Crippen MR) is 78.7 cm³/mol. The number of ether oxygens (including phenoxy) is 1. The Morgan fingerprint density at radius 2 is 1.86 bits per heavy atom. The van der Waals surface area contributed by atoms with Gasteiger partial charge in [0.25, 0.3) is 0 Å². The number of benzene rings is 2. The lowest BCUT2D eigenvalue weighted by atomic mass is 9.90. The molecule has 104 valence electrons. The molecule has 1 fully saturated rings. The molecule has 1 aliphatic carbocycles. The summed E-state index contributed by atoms with van der Waals surface area (Å²) in [5.41, 5.74) is 2.11. The summed E-state index contributed by atoms with van der Waals surface area (Å²) < 4.78 is 5.04. The van der Waals surface area contributed by atoms with Gasteiger partial charge < -0.3 is 4.74 Å². The van der Waals surface area contributed by atoms with Gasteiger partial charge in [0.2, 0.25) is 0 Å². The second-order valence-electron chi connectivity index (χ2n) is 5.32. The van der Waals surface area contributed by atoms with E-state index < -0.39 is 5.41 Å². The Morgan fingerprint density at radius 1 is 1.19 bits per heavy atom. The molecule has 0 unspecified atom stereocenters. The van der Waals surface area contributed by atoms with Crippen LogP contribution in [0.1, 0.15) is 29.0 Å². The van der Waals surface area contributed by atoms with Crippen molar-refractivity contribution in [2.45, 2.75) is 17.8 Å². The minimum atomic E-state index is -0.579. The molecular weight excluding hydrogens is 262 g/mol. The normalized spacial score (nSPS) is 23.1. The molecule has 0 spiro atoms. The van der Waals surface area contributed by atoms with Gasteiger partial charge in [0.05, 0.1) is 18.7 Å². The first-order chi connectivity index (χ1) is 10.2. The standard InChI is InChI=1S/C18H15NO2/c1-21-17(20)18(15-5-3-2-4-6-15)11-16(18)14-9-7-13(12-19)8-10-14/h2-10,16H,11H2,1H3/t16-,18+/m0/s1. The summed E-state index contributed by atoms with van der Waals surface area (Å²) in [5.74, 6) is -0.0804. The van der Waals surface area contributed by atoms with E-state index in [0.717, 1.165) is 17.5 Å². The predicted octanol–water partition coefficient (Wildman–Crippen LogP) is 3.16. The zero-order valence-corrected chi connectivity index (χ0v) is 11.7. The SMILES string of the molecule is COC(=O)[C@@]1(c2ccccc2)C[C@H]1c1ccc(C#N)cc1. The van der Waals surface area contributed by atoms with E-state index in [1.54, 1.807) is 12.1 Å². The van der Waals surface area contributed by atoms with Crippen molar-refractivity contribution in [1.29, 1.82) is 5.26 Å². The van der Waals surface area contributed by atoms with E-state index in [-0.39, 0.29) is 11.9 Å². The summed E-state index contributed by atoms with van der Waals surface area (Å²) in [6, 6.07) is 19.3. The number of carbonyl (C=O) groups excluding carboxylic acids is 1. The van der Waals surface area contributed by atoms with Gasteiger partial charge in [0.15, 0.2) is 0 Å². The molecule has 0 aromatic heterocycles. The average Bonchev–Trinajstić information content (AvgIpc) is 3.32. The molecule has 2 aromatic rings. The van der Waals surface area contributed by atoms with Gasteiger partial charge in [-0.25, -0.2) is 0 Å². The first kappa shape index (κ1) is 13.4. The fourth-order valence-corrected chi connectivity index (χ4v) is 3.04. The van der Waals surface area contributed by atoms with Crippen LogP contribution in [0.2, 0.25) is 0 Å². The van der Waals surface area contributed by atoms with Gasteiger partial charge in [-0.1, -0.05) is 42.5 Å². The lowest BCUT2D eigenvalue weighted by Gasteiger charge is -2.15. The minimum absolute atomic E-state index is 0.111. The number of nitrogens with zero attached hydrogens (tertiary/aromatic N) is 1. The lowest BCUT2D eigenvalue weighted by molar-refractivity contribution is -0.143. The molecule has 3 rings (SSSR count). The highest BCUT2D eigenvalue weighted by molar-refractivity contribution is 5.89. The Labute approximate surface area is 123 Å². The quantitative estimate of drug-likeness (QED) is 0.810. The fourth-order valence-electron chi connectivity index (χ4n) is 3.04. The lowest BCUT2D eigenvalue weighted by Crippen LogP contribution is -2.24. The van der Waals surface area contributed by atoms with Crippen LogP contribution in [0.25, 0.3) is 0 Å². The van der Waals surface area contributed by atoms with Crippen LogP contribution in [0.3, 0.4) is 0 Å². The number of hydrogen-bond donors (Lipinski definition) is 0. The van der Waals surface area contributed by atoms with Crippen LogP contribution in [0.4, 0.5) is 0 Å². The van der Waals surface area contributed by atoms with Crippen molar-refractivity contribution in [3.63, 3.8) is 0 Å². The van der Waals surface area contributed by atoms with Gasteiger partial charge >= 0.3 is 5.97 Å². The van der Waals surface area contributed by atoms with Crippen molar-refractivity contribution < 1.29 is 9.53 Å². The molecule has 2 aromatic carbocycles. The van der Waals surface area contributed by atoms with Crippen LogP contribution >= 0.6 is 0 Å². The Bertz CT molecular complexity index is 700. The van der Waals surface area contributed by atoms with E-state index in [9.17, 15) is 4.79 Å². The van der Waals surface area contributed by atoms with Crippen LogP contribution in [0.15, 0.2) is 54.6 Å². The molecule has 2 atom stereocenters. The van der Waals surface area contributed by atoms with Crippen LogP contribution in [0.5, 0.6) is 0 Å². The van der Waals surface area contributed by atoms with Crippen LogP contribution in [-0.4, -0.2) is 13.1 Å². The Balaban J connectivity index is 1.98. The van der Waals surface area contributed by atoms with E-state index >= 15 is 0 Å². The molecule has 3 heteroatoms. The van der Waals surface area contributed by atoms with Crippen molar-refractivity contribution >= 4 is 5.97 Å². The number of carbonyl (C=O) groups is 1. The number of esters is 1. The third-order valence-electron chi connectivity index (χ3n) is 4.24. The smallest absolute Gasteiger partial charge is 0.316 e. The maximum absolute atomic E-state index is 12.3. The van der Waals surface area contributed by atoms with Crippen molar-refractivity contribution in [1.82, 2.24) is 0 Å². The van der Waals surface area contributed by atoms with Gasteiger partial charge in [-0.2, -0.15) is 5.26 Å². The van der Waals surface area contributed by atoms with Gasteiger partial charge in [0, 0.05) is 5.92 Å². The van der Waals surface area contributed by atoms with Gasteiger partial charge in [-0.15, -0.1) is 0 Å². The molecule has 0 bridgehead atoms. The summed E-state index contributed by atoms with van der Waals surface area (Å²) in [5, 5.41) is 8.87. The summed E-state index contributed by atoms with van der Waals surface area (Å²) in [4.78, 5) is 12.3. The highest BCUT2D eigenvalue weighted by atomic mass is 16.5. The second kappa shape index (κ2) is 5.06. The summed E-state index contributed by atoms with van der Waals surface area (Å²) in [6.07, 6.45) is 0.746. The fraction of sp³-hybridized carbons (Fsp3) is 0.222. The molecular formula is C18H15NO2. The largest absolute Gasteiger partial charge is 0.468 e. The van der Waals surface area contributed by atoms with E-state index in [0.29, 0.717) is 5.56 Å². The first-order valence-corrected chi connectivity index (χ1v) is 6.86. The highest BCUT2D eigenvalue weighted by Gasteiger charge is 2.62. The molecule has 0 saturated heterocycles. The number of methoxy groups -OCH3 is 1. The zero-order valence-electron chi connectivity index (χ0n) is 11.7. The second-order valence-corrected chi connectivity index (χ2v) is 5.32. The molecule has 1 aliphatic rings. The monoisotopic (exact) mass is 277 g/mol. The molecule has 0 amide bonds. The number of hydrogen-bond acceptors (Lipinski definition) is 3. The molecule has 0 aliphatic heterocycles. The molecule has 1 saturated carbocycles. The van der Waals surface area contributed by atoms with Crippen molar-refractivity contribution in [2.75, 3.05) is 7.11 Å². The van der Waals surface area contributed by atoms with Gasteiger partial charge in [-0.05, 0) is 29.7 Å². The van der Waals surface area contributed by atoms with Crippen molar-refractivity contribution in [3.8, 4) is 6.07 Å². The topological polar surface area (TPSA) is 50.1 Å². The Hall–Kier alpha value is -2.60. The van der Waals surface area contributed by atoms with E-state index in [1.165, 1.54) is 7.11 Å². The average molecular weight is 277 g/mol. The molecule has 21 heavy (non-hydrogen) atoms. The zero-order chi connectivity index (χ0) is 14.9. The maximum atomic E-state index is 12.3. The molecule has 0 radical (unpaired) electrons. The first-order valence-electron chi connectivity index (χ1n) is 6.86. The summed E-state index contributed by atoms with van der Waals surface area (Å²) in [6.45, 7) is 0. The molecule has 3 nitrogen and oxygen atoms in total.